The van der Waals surface area contributed by atoms with Crippen LogP contribution < -0.4 is 5.32 Å². The summed E-state index contributed by atoms with van der Waals surface area (Å²) in [7, 11) is 0. The van der Waals surface area contributed by atoms with Gasteiger partial charge in [-0.2, -0.15) is 0 Å². The predicted octanol–water partition coefficient (Wildman–Crippen LogP) is 1.78. The van der Waals surface area contributed by atoms with Gasteiger partial charge in [0.05, 0.1) is 23.9 Å². The van der Waals surface area contributed by atoms with Crippen molar-refractivity contribution >= 4 is 5.69 Å². The molecule has 1 heterocycles. The normalized spacial score (nSPS) is 29.3. The van der Waals surface area contributed by atoms with Gasteiger partial charge >= 0.3 is 0 Å². The van der Waals surface area contributed by atoms with Crippen LogP contribution in [-0.2, 0) is 4.74 Å². The lowest BCUT2D eigenvalue weighted by atomic mass is 9.92. The average molecular weight is 225 g/mol. The number of anilines is 1. The van der Waals surface area contributed by atoms with E-state index in [9.17, 15) is 9.50 Å². The van der Waals surface area contributed by atoms with E-state index in [1.807, 2.05) is 6.92 Å². The minimum absolute atomic E-state index is 0.0670. The van der Waals surface area contributed by atoms with Gasteiger partial charge < -0.3 is 15.2 Å². The maximum atomic E-state index is 13.5. The van der Waals surface area contributed by atoms with Crippen LogP contribution >= 0.6 is 0 Å². The highest BCUT2D eigenvalue weighted by Gasteiger charge is 2.41. The molecule has 1 aromatic rings. The minimum Gasteiger partial charge on any atom is -0.394 e. The van der Waals surface area contributed by atoms with Crippen LogP contribution in [0.2, 0.25) is 0 Å². The molecule has 0 amide bonds. The van der Waals surface area contributed by atoms with Crippen molar-refractivity contribution in [2.24, 2.45) is 0 Å². The quantitative estimate of drug-likeness (QED) is 0.824. The number of aliphatic hydroxyl groups is 1. The molecule has 88 valence electrons. The fourth-order valence-corrected chi connectivity index (χ4v) is 2.02. The number of ether oxygens (including phenoxy) is 1. The van der Waals surface area contributed by atoms with Crippen LogP contribution in [0.3, 0.4) is 0 Å². The van der Waals surface area contributed by atoms with Gasteiger partial charge in [-0.15, -0.1) is 0 Å². The number of hydrogen-bond donors (Lipinski definition) is 2. The molecule has 1 aromatic carbocycles. The molecule has 3 nitrogen and oxygen atoms in total. The fraction of sp³-hybridized carbons (Fsp3) is 0.500. The standard InChI is InChI=1S/C12H16FNO2/c1-9-12(8-15,6-7-16-9)14-11-5-3-2-4-10(11)13/h2-5,9,14-15H,6-8H2,1H3. The fourth-order valence-electron chi connectivity index (χ4n) is 2.02. The Labute approximate surface area is 94.2 Å². The van der Waals surface area contributed by atoms with Gasteiger partial charge in [0.2, 0.25) is 0 Å². The summed E-state index contributed by atoms with van der Waals surface area (Å²) in [5.74, 6) is -0.311. The Bertz CT molecular complexity index is 372. The Morgan fingerprint density at radius 3 is 2.88 bits per heavy atom. The second kappa shape index (κ2) is 4.39. The van der Waals surface area contributed by atoms with E-state index in [4.69, 9.17) is 4.74 Å². The molecule has 1 aliphatic heterocycles. The number of aliphatic hydroxyl groups excluding tert-OH is 1. The Kier molecular flexibility index (Phi) is 3.12. The highest BCUT2D eigenvalue weighted by Crippen LogP contribution is 2.30. The number of para-hydroxylation sites is 1. The first-order valence-corrected chi connectivity index (χ1v) is 5.43. The van der Waals surface area contributed by atoms with E-state index in [0.29, 0.717) is 18.7 Å². The van der Waals surface area contributed by atoms with Crippen LogP contribution in [0.4, 0.5) is 10.1 Å². The lowest BCUT2D eigenvalue weighted by Gasteiger charge is -2.32. The van der Waals surface area contributed by atoms with E-state index in [0.717, 1.165) is 0 Å². The van der Waals surface area contributed by atoms with Gasteiger partial charge in [-0.05, 0) is 25.5 Å². The molecule has 0 bridgehead atoms. The van der Waals surface area contributed by atoms with Gasteiger partial charge in [0.25, 0.3) is 0 Å². The van der Waals surface area contributed by atoms with Gasteiger partial charge in [0.1, 0.15) is 5.82 Å². The van der Waals surface area contributed by atoms with Gasteiger partial charge in [-0.1, -0.05) is 12.1 Å². The molecule has 16 heavy (non-hydrogen) atoms. The summed E-state index contributed by atoms with van der Waals surface area (Å²) in [4.78, 5) is 0. The van der Waals surface area contributed by atoms with Crippen LogP contribution in [0.25, 0.3) is 0 Å². The lowest BCUT2D eigenvalue weighted by molar-refractivity contribution is 0.0791. The molecule has 0 radical (unpaired) electrons. The molecule has 2 rings (SSSR count). The van der Waals surface area contributed by atoms with Crippen molar-refractivity contribution in [1.82, 2.24) is 0 Å². The molecular formula is C12H16FNO2. The Morgan fingerprint density at radius 2 is 2.31 bits per heavy atom. The lowest BCUT2D eigenvalue weighted by Crippen LogP contribution is -2.48. The number of halogens is 1. The molecule has 0 spiro atoms. The topological polar surface area (TPSA) is 41.5 Å². The van der Waals surface area contributed by atoms with Crippen LogP contribution in [0.5, 0.6) is 0 Å². The highest BCUT2D eigenvalue weighted by molar-refractivity contribution is 5.47. The third-order valence-electron chi connectivity index (χ3n) is 3.23. The van der Waals surface area contributed by atoms with Gasteiger partial charge in [0, 0.05) is 6.61 Å². The second-order valence-corrected chi connectivity index (χ2v) is 4.18. The first kappa shape index (κ1) is 11.4. The molecular weight excluding hydrogens is 209 g/mol. The van der Waals surface area contributed by atoms with E-state index in [2.05, 4.69) is 5.32 Å². The molecule has 2 unspecified atom stereocenters. The summed E-state index contributed by atoms with van der Waals surface area (Å²) in [5.41, 5.74) is -0.156. The number of nitrogens with one attached hydrogen (secondary N) is 1. The largest absolute Gasteiger partial charge is 0.394 e. The third kappa shape index (κ3) is 1.90. The van der Waals surface area contributed by atoms with Crippen molar-refractivity contribution in [1.29, 1.82) is 0 Å². The number of benzene rings is 1. The van der Waals surface area contributed by atoms with E-state index >= 15 is 0 Å². The molecule has 1 aliphatic rings. The Morgan fingerprint density at radius 1 is 1.56 bits per heavy atom. The summed E-state index contributed by atoms with van der Waals surface area (Å²) < 4.78 is 18.9. The maximum Gasteiger partial charge on any atom is 0.146 e. The molecule has 1 fully saturated rings. The predicted molar refractivity (Wildman–Crippen MR) is 59.9 cm³/mol. The van der Waals surface area contributed by atoms with Crippen molar-refractivity contribution in [3.8, 4) is 0 Å². The van der Waals surface area contributed by atoms with E-state index in [1.54, 1.807) is 18.2 Å². The number of hydrogen-bond acceptors (Lipinski definition) is 3. The highest BCUT2D eigenvalue weighted by atomic mass is 19.1. The van der Waals surface area contributed by atoms with Crippen molar-refractivity contribution in [2.75, 3.05) is 18.5 Å². The van der Waals surface area contributed by atoms with Crippen LogP contribution in [0.1, 0.15) is 13.3 Å². The second-order valence-electron chi connectivity index (χ2n) is 4.18. The minimum atomic E-state index is -0.567. The molecule has 0 saturated carbocycles. The molecule has 4 heteroatoms. The summed E-state index contributed by atoms with van der Waals surface area (Å²) in [5, 5.41) is 12.5. The maximum absolute atomic E-state index is 13.5. The van der Waals surface area contributed by atoms with E-state index < -0.39 is 5.54 Å². The zero-order chi connectivity index (χ0) is 11.6. The smallest absolute Gasteiger partial charge is 0.146 e. The van der Waals surface area contributed by atoms with Crippen LogP contribution in [0.15, 0.2) is 24.3 Å². The Balaban J connectivity index is 2.22. The van der Waals surface area contributed by atoms with Crippen molar-refractivity contribution in [3.63, 3.8) is 0 Å². The average Bonchev–Trinajstić information content (AvgIpc) is 2.64. The zero-order valence-corrected chi connectivity index (χ0v) is 9.24. The first-order valence-electron chi connectivity index (χ1n) is 5.43. The van der Waals surface area contributed by atoms with Crippen molar-refractivity contribution in [3.05, 3.63) is 30.1 Å². The first-order chi connectivity index (χ1) is 7.68. The van der Waals surface area contributed by atoms with Crippen molar-refractivity contribution in [2.45, 2.75) is 25.0 Å². The SMILES string of the molecule is CC1OCCC1(CO)Nc1ccccc1F. The van der Waals surface area contributed by atoms with Gasteiger partial charge in [0.15, 0.2) is 0 Å². The van der Waals surface area contributed by atoms with Gasteiger partial charge in [-0.25, -0.2) is 4.39 Å². The Hall–Kier alpha value is -1.13. The van der Waals surface area contributed by atoms with E-state index in [-0.39, 0.29) is 18.5 Å². The van der Waals surface area contributed by atoms with Crippen molar-refractivity contribution < 1.29 is 14.2 Å². The summed E-state index contributed by atoms with van der Waals surface area (Å²) in [6.45, 7) is 2.41. The molecule has 2 N–H and O–H groups in total. The molecule has 0 aromatic heterocycles. The molecule has 0 aliphatic carbocycles. The summed E-state index contributed by atoms with van der Waals surface area (Å²) in [6, 6.07) is 6.46. The monoisotopic (exact) mass is 225 g/mol. The zero-order valence-electron chi connectivity index (χ0n) is 9.24. The van der Waals surface area contributed by atoms with Gasteiger partial charge in [-0.3, -0.25) is 0 Å². The molecule has 1 saturated heterocycles. The third-order valence-corrected chi connectivity index (χ3v) is 3.23. The van der Waals surface area contributed by atoms with E-state index in [1.165, 1.54) is 6.07 Å². The summed E-state index contributed by atoms with van der Waals surface area (Å²) in [6.07, 6.45) is 0.552. The number of rotatable bonds is 3. The molecule has 2 atom stereocenters. The van der Waals surface area contributed by atoms with Crippen LogP contribution in [-0.4, -0.2) is 30.0 Å². The van der Waals surface area contributed by atoms with Crippen LogP contribution in [0, 0.1) is 5.82 Å². The summed E-state index contributed by atoms with van der Waals surface area (Å²) >= 11 is 0.